The predicted octanol–water partition coefficient (Wildman–Crippen LogP) is 4.30. The topological polar surface area (TPSA) is 29.5 Å². The van der Waals surface area contributed by atoms with E-state index in [4.69, 9.17) is 9.84 Å². The summed E-state index contributed by atoms with van der Waals surface area (Å²) in [5.74, 6) is 0. The second-order valence-electron chi connectivity index (χ2n) is 5.12. The molecule has 2 unspecified atom stereocenters. The van der Waals surface area contributed by atoms with E-state index in [1.54, 1.807) is 6.92 Å². The van der Waals surface area contributed by atoms with E-state index in [9.17, 15) is 0 Å². The molecular weight excluding hydrogens is 212 g/mol. The minimum Gasteiger partial charge on any atom is -0.391 e. The molecule has 0 amide bonds. The summed E-state index contributed by atoms with van der Waals surface area (Å²) < 4.78 is 5.65. The molecule has 104 valence electrons. The van der Waals surface area contributed by atoms with Crippen molar-refractivity contribution in [3.63, 3.8) is 0 Å². The molecule has 0 radical (unpaired) electrons. The molecule has 2 nitrogen and oxygen atoms in total. The van der Waals surface area contributed by atoms with Gasteiger partial charge in [0.15, 0.2) is 0 Å². The highest BCUT2D eigenvalue weighted by Crippen LogP contribution is 2.13. The maximum atomic E-state index is 9.16. The second kappa shape index (κ2) is 12.4. The third-order valence-corrected chi connectivity index (χ3v) is 3.16. The number of rotatable bonds is 12. The Morgan fingerprint density at radius 2 is 1.53 bits per heavy atom. The van der Waals surface area contributed by atoms with Gasteiger partial charge in [-0.1, -0.05) is 58.8 Å². The average molecular weight is 244 g/mol. The molecule has 0 bridgehead atoms. The smallest absolute Gasteiger partial charge is 0.0745 e. The van der Waals surface area contributed by atoms with Crippen LogP contribution in [0.15, 0.2) is 0 Å². The van der Waals surface area contributed by atoms with Gasteiger partial charge < -0.3 is 9.84 Å². The monoisotopic (exact) mass is 244 g/mol. The summed E-state index contributed by atoms with van der Waals surface area (Å²) in [6.45, 7) is 6.68. The van der Waals surface area contributed by atoms with Gasteiger partial charge in [-0.15, -0.1) is 0 Å². The number of ether oxygens (including phenoxy) is 1. The largest absolute Gasteiger partial charge is 0.391 e. The Morgan fingerprint density at radius 3 is 2.06 bits per heavy atom. The normalized spacial score (nSPS) is 14.8. The number of aliphatic hydroxyl groups excluding tert-OH is 1. The summed E-state index contributed by atoms with van der Waals surface area (Å²) in [6, 6.07) is 0. The van der Waals surface area contributed by atoms with Crippen molar-refractivity contribution in [1.29, 1.82) is 0 Å². The first-order valence-electron chi connectivity index (χ1n) is 7.50. The number of hydrogen-bond donors (Lipinski definition) is 1. The van der Waals surface area contributed by atoms with Crippen LogP contribution >= 0.6 is 0 Å². The molecule has 0 saturated carbocycles. The molecule has 0 fully saturated rings. The molecule has 0 aromatic carbocycles. The van der Waals surface area contributed by atoms with Crippen LogP contribution < -0.4 is 0 Å². The van der Waals surface area contributed by atoms with E-state index in [0.717, 1.165) is 12.8 Å². The molecule has 0 spiro atoms. The van der Waals surface area contributed by atoms with Gasteiger partial charge in [0.2, 0.25) is 0 Å². The van der Waals surface area contributed by atoms with Crippen molar-refractivity contribution in [2.24, 2.45) is 0 Å². The maximum absolute atomic E-state index is 9.16. The summed E-state index contributed by atoms with van der Waals surface area (Å²) in [5.41, 5.74) is 0. The minimum absolute atomic E-state index is 0.335. The van der Waals surface area contributed by atoms with Gasteiger partial charge in [-0.25, -0.2) is 0 Å². The molecule has 0 aliphatic rings. The Labute approximate surface area is 108 Å². The molecule has 0 saturated heterocycles. The second-order valence-corrected chi connectivity index (χ2v) is 5.12. The first-order valence-corrected chi connectivity index (χ1v) is 7.50. The fourth-order valence-electron chi connectivity index (χ4n) is 2.01. The van der Waals surface area contributed by atoms with Crippen LogP contribution in [0.1, 0.15) is 78.6 Å². The minimum atomic E-state index is -0.335. The third kappa shape index (κ3) is 12.2. The van der Waals surface area contributed by atoms with Crippen LogP contribution in [0.25, 0.3) is 0 Å². The average Bonchev–Trinajstić information content (AvgIpc) is 2.31. The van der Waals surface area contributed by atoms with E-state index < -0.39 is 0 Å². The van der Waals surface area contributed by atoms with E-state index in [-0.39, 0.29) is 6.10 Å². The number of unbranched alkanes of at least 4 members (excludes halogenated alkanes) is 6. The van der Waals surface area contributed by atoms with Crippen molar-refractivity contribution < 1.29 is 9.84 Å². The van der Waals surface area contributed by atoms with Gasteiger partial charge in [0, 0.05) is 0 Å². The molecule has 2 heteroatoms. The summed E-state index contributed by atoms with van der Waals surface area (Å²) in [7, 11) is 0. The molecule has 1 N–H and O–H groups in total. The van der Waals surface area contributed by atoms with Crippen LogP contribution in [0.5, 0.6) is 0 Å². The lowest BCUT2D eigenvalue weighted by atomic mass is 10.1. The SMILES string of the molecule is CCCCCCCCCC(CC)OCC(C)O. The predicted molar refractivity (Wildman–Crippen MR) is 74.3 cm³/mol. The molecule has 0 heterocycles. The lowest BCUT2D eigenvalue weighted by molar-refractivity contribution is -0.00866. The van der Waals surface area contributed by atoms with E-state index >= 15 is 0 Å². The summed E-state index contributed by atoms with van der Waals surface area (Å²) in [4.78, 5) is 0. The molecule has 17 heavy (non-hydrogen) atoms. The van der Waals surface area contributed by atoms with E-state index in [0.29, 0.717) is 12.7 Å². The van der Waals surface area contributed by atoms with Crippen molar-refractivity contribution in [3.8, 4) is 0 Å². The first-order chi connectivity index (χ1) is 8.20. The van der Waals surface area contributed by atoms with Crippen LogP contribution in [0.4, 0.5) is 0 Å². The molecule has 0 aliphatic carbocycles. The first kappa shape index (κ1) is 16.9. The lowest BCUT2D eigenvalue weighted by Crippen LogP contribution is -2.19. The van der Waals surface area contributed by atoms with Crippen molar-refractivity contribution in [1.82, 2.24) is 0 Å². The Hall–Kier alpha value is -0.0800. The van der Waals surface area contributed by atoms with Gasteiger partial charge in [-0.05, 0) is 19.8 Å². The Balaban J connectivity index is 3.31. The van der Waals surface area contributed by atoms with Crippen molar-refractivity contribution in [3.05, 3.63) is 0 Å². The standard InChI is InChI=1S/C15H32O2/c1-4-6-7-8-9-10-11-12-15(5-2)17-13-14(3)16/h14-16H,4-13H2,1-3H3. The van der Waals surface area contributed by atoms with Crippen LogP contribution in [0, 0.1) is 0 Å². The molecule has 2 atom stereocenters. The quantitative estimate of drug-likeness (QED) is 0.519. The molecule has 0 aromatic heterocycles. The fourth-order valence-corrected chi connectivity index (χ4v) is 2.01. The zero-order valence-electron chi connectivity index (χ0n) is 12.1. The van der Waals surface area contributed by atoms with Crippen LogP contribution in [-0.2, 0) is 4.74 Å². The van der Waals surface area contributed by atoms with Gasteiger partial charge in [-0.2, -0.15) is 0 Å². The molecule has 0 aliphatic heterocycles. The zero-order valence-corrected chi connectivity index (χ0v) is 12.1. The third-order valence-electron chi connectivity index (χ3n) is 3.16. The fraction of sp³-hybridized carbons (Fsp3) is 1.00. The van der Waals surface area contributed by atoms with Crippen molar-refractivity contribution in [2.75, 3.05) is 6.61 Å². The zero-order chi connectivity index (χ0) is 12.9. The summed E-state index contributed by atoms with van der Waals surface area (Å²) >= 11 is 0. The van der Waals surface area contributed by atoms with Crippen LogP contribution in [0.3, 0.4) is 0 Å². The number of hydrogen-bond acceptors (Lipinski definition) is 2. The van der Waals surface area contributed by atoms with Crippen LogP contribution in [-0.4, -0.2) is 23.9 Å². The lowest BCUT2D eigenvalue weighted by Gasteiger charge is -2.17. The van der Waals surface area contributed by atoms with Gasteiger partial charge >= 0.3 is 0 Å². The summed E-state index contributed by atoms with van der Waals surface area (Å²) in [5, 5.41) is 9.16. The highest BCUT2D eigenvalue weighted by molar-refractivity contribution is 4.57. The Bertz CT molecular complexity index is 146. The van der Waals surface area contributed by atoms with E-state index in [1.807, 2.05) is 0 Å². The highest BCUT2D eigenvalue weighted by atomic mass is 16.5. The van der Waals surface area contributed by atoms with E-state index in [1.165, 1.54) is 44.9 Å². The van der Waals surface area contributed by atoms with Crippen molar-refractivity contribution in [2.45, 2.75) is 90.8 Å². The van der Waals surface area contributed by atoms with Gasteiger partial charge in [0.25, 0.3) is 0 Å². The summed E-state index contributed by atoms with van der Waals surface area (Å²) in [6.07, 6.45) is 11.7. The van der Waals surface area contributed by atoms with Gasteiger partial charge in [-0.3, -0.25) is 0 Å². The molecular formula is C15H32O2. The molecule has 0 aromatic rings. The highest BCUT2D eigenvalue weighted by Gasteiger charge is 2.07. The van der Waals surface area contributed by atoms with Gasteiger partial charge in [0.1, 0.15) is 0 Å². The van der Waals surface area contributed by atoms with E-state index in [2.05, 4.69) is 13.8 Å². The Kier molecular flexibility index (Phi) is 12.3. The number of aliphatic hydroxyl groups is 1. The van der Waals surface area contributed by atoms with Gasteiger partial charge in [0.05, 0.1) is 18.8 Å². The maximum Gasteiger partial charge on any atom is 0.0745 e. The molecule has 0 rings (SSSR count). The van der Waals surface area contributed by atoms with Crippen LogP contribution in [0.2, 0.25) is 0 Å². The Morgan fingerprint density at radius 1 is 0.941 bits per heavy atom. The van der Waals surface area contributed by atoms with Crippen molar-refractivity contribution >= 4 is 0 Å².